The number of carbonyl (C=O) groups is 2. The monoisotopic (exact) mass is 284 g/mol. The van der Waals surface area contributed by atoms with Crippen LogP contribution in [0.1, 0.15) is 26.3 Å². The quantitative estimate of drug-likeness (QED) is 0.771. The molecular formula is C14H20O6. The summed E-state index contributed by atoms with van der Waals surface area (Å²) in [4.78, 5) is 18.0. The fraction of sp³-hybridized carbons (Fsp3) is 0.286. The Hall–Kier alpha value is -2.50. The molecule has 0 aromatic heterocycles. The highest BCUT2D eigenvalue weighted by Crippen LogP contribution is 2.26. The van der Waals surface area contributed by atoms with E-state index in [-0.39, 0.29) is 5.75 Å². The molecule has 0 bridgehead atoms. The molecule has 112 valence electrons. The zero-order valence-corrected chi connectivity index (χ0v) is 12.0. The second kappa shape index (κ2) is 11.6. The number of aliphatic carboxylic acids is 2. The first-order chi connectivity index (χ1) is 9.24. The molecular weight excluding hydrogens is 264 g/mol. The van der Waals surface area contributed by atoms with Gasteiger partial charge in [0.2, 0.25) is 0 Å². The highest BCUT2D eigenvalue weighted by atomic mass is 16.5. The first kappa shape index (κ1) is 19.8. The van der Waals surface area contributed by atoms with Gasteiger partial charge < -0.3 is 20.1 Å². The lowest BCUT2D eigenvalue weighted by molar-refractivity contribution is -0.135. The zero-order chi connectivity index (χ0) is 16.1. The van der Waals surface area contributed by atoms with Gasteiger partial charge in [0.25, 0.3) is 11.9 Å². The summed E-state index contributed by atoms with van der Waals surface area (Å²) in [6.45, 7) is 4.11. The highest BCUT2D eigenvalue weighted by molar-refractivity contribution is 5.63. The number of aromatic hydroxyl groups is 1. The maximum absolute atomic E-state index is 9.25. The summed E-state index contributed by atoms with van der Waals surface area (Å²) in [5, 5.41) is 24.1. The van der Waals surface area contributed by atoms with Gasteiger partial charge in [0.15, 0.2) is 11.5 Å². The number of hydrogen-bond acceptors (Lipinski definition) is 4. The van der Waals surface area contributed by atoms with E-state index in [9.17, 15) is 5.11 Å². The van der Waals surface area contributed by atoms with Gasteiger partial charge >= 0.3 is 0 Å². The summed E-state index contributed by atoms with van der Waals surface area (Å²) >= 11 is 0. The molecule has 0 fully saturated rings. The van der Waals surface area contributed by atoms with Crippen LogP contribution in [0.15, 0.2) is 24.3 Å². The molecule has 0 aliphatic rings. The van der Waals surface area contributed by atoms with E-state index in [1.165, 1.54) is 7.11 Å². The van der Waals surface area contributed by atoms with Crippen molar-refractivity contribution in [1.29, 1.82) is 0 Å². The van der Waals surface area contributed by atoms with E-state index in [1.54, 1.807) is 12.1 Å². The fourth-order valence-corrected chi connectivity index (χ4v) is 0.990. The van der Waals surface area contributed by atoms with Gasteiger partial charge in [-0.05, 0) is 24.6 Å². The molecule has 0 radical (unpaired) electrons. The number of allylic oxidation sites excluding steroid dienone is 1. The van der Waals surface area contributed by atoms with Gasteiger partial charge in [0, 0.05) is 13.8 Å². The summed E-state index contributed by atoms with van der Waals surface area (Å²) in [5.41, 5.74) is 1.02. The van der Waals surface area contributed by atoms with Crippen LogP contribution < -0.4 is 4.74 Å². The smallest absolute Gasteiger partial charge is 0.300 e. The number of benzene rings is 1. The van der Waals surface area contributed by atoms with Crippen molar-refractivity contribution in [1.82, 2.24) is 0 Å². The number of phenolic OH excluding ortho intramolecular Hbond substituents is 1. The van der Waals surface area contributed by atoms with E-state index < -0.39 is 11.9 Å². The number of carboxylic acids is 2. The van der Waals surface area contributed by atoms with Gasteiger partial charge in [-0.15, -0.1) is 0 Å². The molecule has 0 saturated carbocycles. The normalized spacial score (nSPS) is 8.80. The lowest BCUT2D eigenvalue weighted by Crippen LogP contribution is -1.83. The number of carboxylic acid groups (broad SMARTS) is 2. The van der Waals surface area contributed by atoms with Gasteiger partial charge in [-0.3, -0.25) is 9.59 Å². The molecule has 0 amide bonds. The molecule has 1 aromatic carbocycles. The van der Waals surface area contributed by atoms with Crippen molar-refractivity contribution < 1.29 is 29.6 Å². The van der Waals surface area contributed by atoms with E-state index >= 15 is 0 Å². The minimum absolute atomic E-state index is 0.172. The van der Waals surface area contributed by atoms with Crippen molar-refractivity contribution in [2.24, 2.45) is 0 Å². The predicted molar refractivity (Wildman–Crippen MR) is 76.0 cm³/mol. The van der Waals surface area contributed by atoms with Crippen molar-refractivity contribution in [2.75, 3.05) is 7.11 Å². The van der Waals surface area contributed by atoms with Crippen LogP contribution in [0.3, 0.4) is 0 Å². The number of hydrogen-bond donors (Lipinski definition) is 3. The Kier molecular flexibility index (Phi) is 11.5. The van der Waals surface area contributed by atoms with E-state index in [1.807, 2.05) is 25.1 Å². The molecule has 1 aromatic rings. The topological polar surface area (TPSA) is 104 Å². The Morgan fingerprint density at radius 2 is 1.60 bits per heavy atom. The molecule has 0 aliphatic heterocycles. The maximum atomic E-state index is 9.25. The highest BCUT2D eigenvalue weighted by Gasteiger charge is 1.99. The summed E-state index contributed by atoms with van der Waals surface area (Å²) in [7, 11) is 1.54. The molecule has 6 heteroatoms. The van der Waals surface area contributed by atoms with Crippen molar-refractivity contribution in [3.05, 3.63) is 29.8 Å². The number of phenols is 1. The predicted octanol–water partition coefficient (Wildman–Crippen LogP) is 2.62. The average molecular weight is 284 g/mol. The van der Waals surface area contributed by atoms with Crippen LogP contribution in [0.25, 0.3) is 6.08 Å². The van der Waals surface area contributed by atoms with E-state index in [0.717, 1.165) is 19.4 Å². The molecule has 0 unspecified atom stereocenters. The lowest BCUT2D eigenvalue weighted by atomic mass is 10.2. The number of methoxy groups -OCH3 is 1. The van der Waals surface area contributed by atoms with E-state index in [0.29, 0.717) is 5.75 Å². The lowest BCUT2D eigenvalue weighted by Gasteiger charge is -2.03. The number of ether oxygens (including phenoxy) is 1. The molecule has 1 rings (SSSR count). The second-order valence-electron chi connectivity index (χ2n) is 3.47. The number of rotatable bonds is 2. The minimum atomic E-state index is -0.833. The maximum Gasteiger partial charge on any atom is 0.300 e. The Labute approximate surface area is 117 Å². The van der Waals surface area contributed by atoms with Crippen LogP contribution in [0.5, 0.6) is 11.5 Å². The molecule has 0 heterocycles. The molecule has 0 aliphatic carbocycles. The zero-order valence-electron chi connectivity index (χ0n) is 12.0. The van der Waals surface area contributed by atoms with Gasteiger partial charge in [-0.25, -0.2) is 0 Å². The first-order valence-electron chi connectivity index (χ1n) is 5.63. The summed E-state index contributed by atoms with van der Waals surface area (Å²) in [6, 6.07) is 5.24. The van der Waals surface area contributed by atoms with E-state index in [2.05, 4.69) is 0 Å². The summed E-state index contributed by atoms with van der Waals surface area (Å²) < 4.78 is 4.95. The van der Waals surface area contributed by atoms with Crippen molar-refractivity contribution in [2.45, 2.75) is 20.8 Å². The minimum Gasteiger partial charge on any atom is -0.504 e. The van der Waals surface area contributed by atoms with Crippen LogP contribution in [0.4, 0.5) is 0 Å². The van der Waals surface area contributed by atoms with Crippen molar-refractivity contribution >= 4 is 18.0 Å². The van der Waals surface area contributed by atoms with Crippen LogP contribution in [0.2, 0.25) is 0 Å². The Morgan fingerprint density at radius 1 is 1.15 bits per heavy atom. The Bertz CT molecular complexity index is 431. The third-order valence-corrected chi connectivity index (χ3v) is 1.56. The van der Waals surface area contributed by atoms with Crippen LogP contribution in [-0.2, 0) is 9.59 Å². The van der Waals surface area contributed by atoms with Crippen LogP contribution in [-0.4, -0.2) is 34.4 Å². The van der Waals surface area contributed by atoms with Crippen LogP contribution >= 0.6 is 0 Å². The molecule has 3 N–H and O–H groups in total. The third kappa shape index (κ3) is 13.6. The molecule has 0 spiro atoms. The summed E-state index contributed by atoms with van der Waals surface area (Å²) in [5.74, 6) is -0.989. The second-order valence-corrected chi connectivity index (χ2v) is 3.47. The van der Waals surface area contributed by atoms with Crippen LogP contribution in [0, 0.1) is 0 Å². The van der Waals surface area contributed by atoms with Gasteiger partial charge in [-0.2, -0.15) is 0 Å². The average Bonchev–Trinajstić information content (AvgIpc) is 2.30. The van der Waals surface area contributed by atoms with Gasteiger partial charge in [-0.1, -0.05) is 18.2 Å². The Balaban J connectivity index is 0. The first-order valence-corrected chi connectivity index (χ1v) is 5.63. The molecule has 0 saturated heterocycles. The van der Waals surface area contributed by atoms with Gasteiger partial charge in [0.05, 0.1) is 7.11 Å². The fourth-order valence-electron chi connectivity index (χ4n) is 0.990. The Morgan fingerprint density at radius 3 is 1.95 bits per heavy atom. The summed E-state index contributed by atoms with van der Waals surface area (Å²) in [6.07, 6.45) is 3.88. The molecule has 6 nitrogen and oxygen atoms in total. The van der Waals surface area contributed by atoms with Gasteiger partial charge in [0.1, 0.15) is 0 Å². The molecule has 20 heavy (non-hydrogen) atoms. The van der Waals surface area contributed by atoms with Crippen molar-refractivity contribution in [3.63, 3.8) is 0 Å². The SMILES string of the molecule is CC(=O)O.CC(=O)O.CC=Cc1ccc(O)c(OC)c1. The molecule has 0 atom stereocenters. The largest absolute Gasteiger partial charge is 0.504 e. The van der Waals surface area contributed by atoms with Crippen molar-refractivity contribution in [3.8, 4) is 11.5 Å². The standard InChI is InChI=1S/C10H12O2.2C2H4O2/c1-3-4-8-5-6-9(11)10(7-8)12-2;2*1-2(3)4/h3-7,11H,1-2H3;2*1H3,(H,3,4). The third-order valence-electron chi connectivity index (χ3n) is 1.56. The van der Waals surface area contributed by atoms with E-state index in [4.69, 9.17) is 24.5 Å².